The van der Waals surface area contributed by atoms with E-state index in [0.717, 1.165) is 68.2 Å². The molecule has 0 unspecified atom stereocenters. The lowest BCUT2D eigenvalue weighted by atomic mass is 10.1. The van der Waals surface area contributed by atoms with Crippen molar-refractivity contribution in [1.82, 2.24) is 9.47 Å². The Balaban J connectivity index is 1.26. The third-order valence-corrected chi connectivity index (χ3v) is 6.04. The van der Waals surface area contributed by atoms with Crippen LogP contribution in [0.4, 0.5) is 5.69 Å². The number of nitrogens with zero attached hydrogens (tertiary/aromatic N) is 2. The summed E-state index contributed by atoms with van der Waals surface area (Å²) in [6.07, 6.45) is 3.34. The molecular weight excluding hydrogens is 430 g/mol. The minimum Gasteiger partial charge on any atom is -0.494 e. The number of carbonyl (C=O) groups excluding carboxylic acids is 2. The molecule has 2 aromatic carbocycles. The molecule has 0 aliphatic carbocycles. The minimum atomic E-state index is -0.164. The van der Waals surface area contributed by atoms with Gasteiger partial charge in [-0.3, -0.25) is 14.5 Å². The van der Waals surface area contributed by atoms with Gasteiger partial charge in [0.1, 0.15) is 5.75 Å². The Bertz CT molecular complexity index is 1100. The highest BCUT2D eigenvalue weighted by molar-refractivity contribution is 6.00. The largest absolute Gasteiger partial charge is 0.494 e. The maximum Gasteiger partial charge on any atom is 0.224 e. The third kappa shape index (κ3) is 6.46. The van der Waals surface area contributed by atoms with Crippen LogP contribution in [0, 0.1) is 0 Å². The number of Topliss-reactive ketones (excluding diaryl/α,β-unsaturated/α-hetero) is 1. The molecule has 34 heavy (non-hydrogen) atoms. The first-order valence-corrected chi connectivity index (χ1v) is 12.1. The van der Waals surface area contributed by atoms with Crippen molar-refractivity contribution in [2.75, 3.05) is 44.8 Å². The lowest BCUT2D eigenvalue weighted by Crippen LogP contribution is -2.38. The van der Waals surface area contributed by atoms with Crippen LogP contribution in [-0.2, 0) is 16.1 Å². The summed E-state index contributed by atoms with van der Waals surface area (Å²) in [6.45, 7) is 8.19. The fourth-order valence-electron chi connectivity index (χ4n) is 4.10. The zero-order valence-corrected chi connectivity index (χ0v) is 19.8. The molecule has 7 nitrogen and oxygen atoms in total. The Labute approximate surface area is 200 Å². The van der Waals surface area contributed by atoms with Gasteiger partial charge in [-0.2, -0.15) is 0 Å². The Morgan fingerprint density at radius 2 is 1.79 bits per heavy atom. The Morgan fingerprint density at radius 1 is 1.00 bits per heavy atom. The van der Waals surface area contributed by atoms with E-state index in [1.807, 2.05) is 25.1 Å². The van der Waals surface area contributed by atoms with Gasteiger partial charge in [-0.15, -0.1) is 0 Å². The molecule has 0 spiro atoms. The van der Waals surface area contributed by atoms with E-state index >= 15 is 0 Å². The van der Waals surface area contributed by atoms with E-state index in [4.69, 9.17) is 9.47 Å². The second-order valence-corrected chi connectivity index (χ2v) is 8.58. The normalized spacial score (nSPS) is 14.3. The molecule has 2 heterocycles. The molecule has 7 heteroatoms. The predicted molar refractivity (Wildman–Crippen MR) is 134 cm³/mol. The van der Waals surface area contributed by atoms with Crippen LogP contribution in [-0.4, -0.2) is 60.6 Å². The van der Waals surface area contributed by atoms with Crippen LogP contribution in [0.25, 0.3) is 10.9 Å². The molecule has 1 aliphatic rings. The van der Waals surface area contributed by atoms with E-state index in [2.05, 4.69) is 27.0 Å². The van der Waals surface area contributed by atoms with E-state index in [9.17, 15) is 9.59 Å². The van der Waals surface area contributed by atoms with Crippen molar-refractivity contribution in [2.24, 2.45) is 0 Å². The molecule has 1 aromatic heterocycles. The van der Waals surface area contributed by atoms with Crippen molar-refractivity contribution in [3.05, 3.63) is 60.3 Å². The lowest BCUT2D eigenvalue weighted by molar-refractivity contribution is -0.116. The highest BCUT2D eigenvalue weighted by atomic mass is 16.5. The molecule has 1 N–H and O–H groups in total. The highest BCUT2D eigenvalue weighted by Crippen LogP contribution is 2.21. The van der Waals surface area contributed by atoms with Crippen LogP contribution in [0.2, 0.25) is 0 Å². The van der Waals surface area contributed by atoms with Crippen LogP contribution in [0.15, 0.2) is 54.7 Å². The number of fused-ring (bicyclic) bond motifs is 1. The topological polar surface area (TPSA) is 72.8 Å². The van der Waals surface area contributed by atoms with E-state index in [-0.39, 0.29) is 24.5 Å². The average molecular weight is 464 g/mol. The second kappa shape index (κ2) is 11.8. The lowest BCUT2D eigenvalue weighted by Gasteiger charge is -2.26. The molecule has 0 atom stereocenters. The van der Waals surface area contributed by atoms with Gasteiger partial charge in [-0.1, -0.05) is 6.92 Å². The van der Waals surface area contributed by atoms with Gasteiger partial charge < -0.3 is 19.4 Å². The number of aromatic nitrogens is 1. The number of ether oxygens (including phenoxy) is 2. The van der Waals surface area contributed by atoms with Gasteiger partial charge in [0, 0.05) is 67.4 Å². The number of benzene rings is 2. The van der Waals surface area contributed by atoms with Crippen molar-refractivity contribution < 1.29 is 19.1 Å². The van der Waals surface area contributed by atoms with Gasteiger partial charge in [0.25, 0.3) is 0 Å². The Hall–Kier alpha value is -3.16. The average Bonchev–Trinajstić information content (AvgIpc) is 3.28. The molecule has 0 radical (unpaired) electrons. The molecule has 1 saturated heterocycles. The maximum absolute atomic E-state index is 12.4. The predicted octanol–water partition coefficient (Wildman–Crippen LogP) is 4.36. The molecule has 1 fully saturated rings. The smallest absolute Gasteiger partial charge is 0.224 e. The minimum absolute atomic E-state index is 0.0509. The summed E-state index contributed by atoms with van der Waals surface area (Å²) >= 11 is 0. The fraction of sp³-hybridized carbons (Fsp3) is 0.407. The van der Waals surface area contributed by atoms with Crippen molar-refractivity contribution in [3.8, 4) is 5.75 Å². The molecule has 0 bridgehead atoms. The van der Waals surface area contributed by atoms with E-state index < -0.39 is 0 Å². The van der Waals surface area contributed by atoms with Gasteiger partial charge in [0.2, 0.25) is 5.91 Å². The number of hydrogen-bond acceptors (Lipinski definition) is 5. The van der Waals surface area contributed by atoms with E-state index in [0.29, 0.717) is 12.2 Å². The van der Waals surface area contributed by atoms with E-state index in [1.54, 1.807) is 24.3 Å². The third-order valence-electron chi connectivity index (χ3n) is 6.04. The Kier molecular flexibility index (Phi) is 8.33. The molecule has 1 aliphatic heterocycles. The summed E-state index contributed by atoms with van der Waals surface area (Å²) in [7, 11) is 0. The standard InChI is InChI=1S/C27H33N3O4/c1-2-17-34-24-6-3-21(4-7-24)26(31)9-10-27(32)28-23-5-8-25-22(20-23)11-12-30(25)14-13-29-15-18-33-19-16-29/h3-8,11-12,20H,2,9-10,13-19H2,1H3,(H,28,32). The van der Waals surface area contributed by atoms with Crippen LogP contribution in [0.5, 0.6) is 5.75 Å². The van der Waals surface area contributed by atoms with Crippen molar-refractivity contribution in [1.29, 1.82) is 0 Å². The highest BCUT2D eigenvalue weighted by Gasteiger charge is 2.12. The molecule has 180 valence electrons. The van der Waals surface area contributed by atoms with Gasteiger partial charge in [-0.05, 0) is 55.0 Å². The number of ketones is 1. The van der Waals surface area contributed by atoms with Gasteiger partial charge >= 0.3 is 0 Å². The van der Waals surface area contributed by atoms with Gasteiger partial charge in [0.05, 0.1) is 19.8 Å². The number of amides is 1. The van der Waals surface area contributed by atoms with Crippen LogP contribution < -0.4 is 10.1 Å². The molecule has 4 rings (SSSR count). The van der Waals surface area contributed by atoms with Gasteiger partial charge in [0.15, 0.2) is 5.78 Å². The van der Waals surface area contributed by atoms with Crippen molar-refractivity contribution >= 4 is 28.3 Å². The number of hydrogen-bond donors (Lipinski definition) is 1. The number of anilines is 1. The summed E-state index contributed by atoms with van der Waals surface area (Å²) in [6, 6.07) is 15.1. The number of nitrogens with one attached hydrogen (secondary N) is 1. The van der Waals surface area contributed by atoms with Crippen LogP contribution in [0.1, 0.15) is 36.5 Å². The second-order valence-electron chi connectivity index (χ2n) is 8.58. The fourth-order valence-corrected chi connectivity index (χ4v) is 4.10. The number of morpholine rings is 1. The maximum atomic E-state index is 12.4. The van der Waals surface area contributed by atoms with Crippen LogP contribution in [0.3, 0.4) is 0 Å². The first kappa shape index (κ1) is 24.0. The monoisotopic (exact) mass is 463 g/mol. The number of rotatable bonds is 11. The molecular formula is C27H33N3O4. The summed E-state index contributed by atoms with van der Waals surface area (Å²) < 4.78 is 13.2. The molecule has 1 amide bonds. The summed E-state index contributed by atoms with van der Waals surface area (Å²) in [5.74, 6) is 0.536. The zero-order valence-electron chi connectivity index (χ0n) is 19.8. The molecule has 0 saturated carbocycles. The number of carbonyl (C=O) groups is 2. The molecule has 3 aromatic rings. The van der Waals surface area contributed by atoms with E-state index in [1.165, 1.54) is 0 Å². The van der Waals surface area contributed by atoms with Crippen molar-refractivity contribution in [3.63, 3.8) is 0 Å². The SMILES string of the molecule is CCCOc1ccc(C(=O)CCC(=O)Nc2ccc3c(ccn3CCN3CCOCC3)c2)cc1. The quantitative estimate of drug-likeness (QED) is 0.428. The summed E-state index contributed by atoms with van der Waals surface area (Å²) in [5.41, 5.74) is 2.48. The summed E-state index contributed by atoms with van der Waals surface area (Å²) in [4.78, 5) is 27.3. The first-order chi connectivity index (χ1) is 16.6. The zero-order chi connectivity index (χ0) is 23.8. The summed E-state index contributed by atoms with van der Waals surface area (Å²) in [5, 5.41) is 4.01. The Morgan fingerprint density at radius 3 is 2.56 bits per heavy atom. The van der Waals surface area contributed by atoms with Crippen molar-refractivity contribution in [2.45, 2.75) is 32.7 Å². The first-order valence-electron chi connectivity index (χ1n) is 12.1. The van der Waals surface area contributed by atoms with Crippen LogP contribution >= 0.6 is 0 Å². The van der Waals surface area contributed by atoms with Gasteiger partial charge in [-0.25, -0.2) is 0 Å².